The lowest BCUT2D eigenvalue weighted by molar-refractivity contribution is -0.140. The van der Waals surface area contributed by atoms with Crippen molar-refractivity contribution in [1.82, 2.24) is 9.71 Å². The van der Waals surface area contributed by atoms with Crippen molar-refractivity contribution < 1.29 is 22.7 Å². The summed E-state index contributed by atoms with van der Waals surface area (Å²) >= 11 is 5.94. The number of sulfonamides is 1. The van der Waals surface area contributed by atoms with Crippen LogP contribution in [0.2, 0.25) is 5.15 Å². The Morgan fingerprint density at radius 2 is 2.06 bits per heavy atom. The summed E-state index contributed by atoms with van der Waals surface area (Å²) in [6, 6.07) is 13.2. The van der Waals surface area contributed by atoms with Gasteiger partial charge in [0, 0.05) is 17.6 Å². The average molecular weight is 475 g/mol. The Balaban J connectivity index is 1.76. The summed E-state index contributed by atoms with van der Waals surface area (Å²) in [5, 5.41) is 0.612. The highest BCUT2D eigenvalue weighted by atomic mass is 35.5. The van der Waals surface area contributed by atoms with Crippen molar-refractivity contribution in [3.05, 3.63) is 64.8 Å². The largest absolute Gasteiger partial charge is 0.493 e. The van der Waals surface area contributed by atoms with E-state index in [1.165, 1.54) is 12.1 Å². The number of amides is 1. The van der Waals surface area contributed by atoms with Gasteiger partial charge in [0.1, 0.15) is 10.9 Å². The van der Waals surface area contributed by atoms with E-state index in [1.807, 2.05) is 26.0 Å². The van der Waals surface area contributed by atoms with Crippen LogP contribution in [0.5, 0.6) is 5.75 Å². The number of aryl methyl sites for hydroxylation is 1. The number of ether oxygens (including phenoxy) is 2. The molecule has 1 atom stereocenters. The van der Waals surface area contributed by atoms with Crippen LogP contribution in [0.4, 0.5) is 0 Å². The fourth-order valence-corrected chi connectivity index (χ4v) is 5.38. The second-order valence-corrected chi connectivity index (χ2v) is 9.64. The fourth-order valence-electron chi connectivity index (χ4n) is 3.99. The summed E-state index contributed by atoms with van der Waals surface area (Å²) in [5.74, 6) is -0.253. The Kier molecular flexibility index (Phi) is 6.11. The van der Waals surface area contributed by atoms with Gasteiger partial charge in [0.15, 0.2) is 5.60 Å². The second kappa shape index (κ2) is 8.69. The molecule has 1 amide bonds. The number of nitrogens with one attached hydrogen (secondary N) is 1. The Labute approximate surface area is 191 Å². The number of carbonyl (C=O) groups is 1. The van der Waals surface area contributed by atoms with E-state index in [9.17, 15) is 13.2 Å². The van der Waals surface area contributed by atoms with Crippen molar-refractivity contribution in [2.24, 2.45) is 0 Å². The van der Waals surface area contributed by atoms with Gasteiger partial charge < -0.3 is 9.47 Å². The summed E-state index contributed by atoms with van der Waals surface area (Å²) in [4.78, 5) is 17.6. The number of rotatable bonds is 6. The van der Waals surface area contributed by atoms with Crippen molar-refractivity contribution in [3.8, 4) is 5.75 Å². The van der Waals surface area contributed by atoms with E-state index in [0.717, 1.165) is 5.56 Å². The number of pyridine rings is 1. The van der Waals surface area contributed by atoms with Crippen LogP contribution in [0, 0.1) is 6.92 Å². The van der Waals surface area contributed by atoms with Crippen LogP contribution in [-0.2, 0) is 25.2 Å². The first-order chi connectivity index (χ1) is 15.3. The molecule has 0 radical (unpaired) electrons. The quantitative estimate of drug-likeness (QED) is 0.540. The summed E-state index contributed by atoms with van der Waals surface area (Å²) in [5.41, 5.74) is 0.384. The molecule has 0 saturated carbocycles. The molecule has 3 aromatic rings. The van der Waals surface area contributed by atoms with Gasteiger partial charge in [0.25, 0.3) is 15.9 Å². The molecular weight excluding hydrogens is 452 g/mol. The highest BCUT2D eigenvalue weighted by Crippen LogP contribution is 2.42. The minimum absolute atomic E-state index is 0.0602. The minimum atomic E-state index is -4.22. The third-order valence-electron chi connectivity index (χ3n) is 5.43. The summed E-state index contributed by atoms with van der Waals surface area (Å²) in [7, 11) is -4.22. The molecule has 0 spiro atoms. The van der Waals surface area contributed by atoms with Crippen LogP contribution in [-0.4, -0.2) is 32.5 Å². The molecule has 4 rings (SSSR count). The molecule has 1 aliphatic rings. The maximum atomic E-state index is 13.5. The van der Waals surface area contributed by atoms with E-state index in [2.05, 4.69) is 9.71 Å². The summed E-state index contributed by atoms with van der Waals surface area (Å²) in [6.07, 6.45) is 0.953. The first-order valence-corrected chi connectivity index (χ1v) is 12.1. The molecule has 32 heavy (non-hydrogen) atoms. The molecule has 2 heterocycles. The van der Waals surface area contributed by atoms with Gasteiger partial charge in [-0.25, -0.2) is 18.1 Å². The third kappa shape index (κ3) is 4.05. The fraction of sp³-hybridized carbons (Fsp3) is 0.304. The first kappa shape index (κ1) is 22.5. The zero-order valence-corrected chi connectivity index (χ0v) is 19.3. The van der Waals surface area contributed by atoms with Crippen molar-refractivity contribution in [1.29, 1.82) is 0 Å². The Hall–Kier alpha value is -2.68. The highest BCUT2D eigenvalue weighted by molar-refractivity contribution is 7.90. The monoisotopic (exact) mass is 474 g/mol. The lowest BCUT2D eigenvalue weighted by atomic mass is 9.88. The van der Waals surface area contributed by atoms with Gasteiger partial charge in [-0.1, -0.05) is 29.3 Å². The van der Waals surface area contributed by atoms with Crippen LogP contribution in [0.25, 0.3) is 10.9 Å². The predicted octanol–water partition coefficient (Wildman–Crippen LogP) is 4.11. The van der Waals surface area contributed by atoms with Gasteiger partial charge in [-0.3, -0.25) is 4.79 Å². The maximum Gasteiger partial charge on any atom is 0.270 e. The number of halogens is 1. The van der Waals surface area contributed by atoms with Crippen LogP contribution >= 0.6 is 11.6 Å². The molecule has 1 saturated heterocycles. The van der Waals surface area contributed by atoms with Crippen molar-refractivity contribution in [3.63, 3.8) is 0 Å². The number of fused-ring (bicyclic) bond motifs is 1. The summed E-state index contributed by atoms with van der Waals surface area (Å²) in [6.45, 7) is 4.48. The molecule has 0 aliphatic carbocycles. The van der Waals surface area contributed by atoms with Crippen LogP contribution in [0.3, 0.4) is 0 Å². The molecule has 1 aliphatic heterocycles. The van der Waals surface area contributed by atoms with Crippen molar-refractivity contribution >= 4 is 38.4 Å². The smallest absolute Gasteiger partial charge is 0.270 e. The molecule has 1 fully saturated rings. The SMILES string of the molecule is CCOc1ccc(C)cc1C1(C(=O)NS(=O)(=O)c2cccc3nc(Cl)ccc23)CCCO1. The van der Waals surface area contributed by atoms with Gasteiger partial charge in [-0.2, -0.15) is 0 Å². The first-order valence-electron chi connectivity index (χ1n) is 10.3. The van der Waals surface area contributed by atoms with Crippen LogP contribution < -0.4 is 9.46 Å². The van der Waals surface area contributed by atoms with Gasteiger partial charge in [0.05, 0.1) is 17.0 Å². The normalized spacial score (nSPS) is 18.6. The lowest BCUT2D eigenvalue weighted by Crippen LogP contribution is -2.46. The number of hydrogen-bond donors (Lipinski definition) is 1. The van der Waals surface area contributed by atoms with Crippen molar-refractivity contribution in [2.45, 2.75) is 37.2 Å². The second-order valence-electron chi connectivity index (χ2n) is 7.60. The highest BCUT2D eigenvalue weighted by Gasteiger charge is 2.48. The van der Waals surface area contributed by atoms with E-state index in [1.54, 1.807) is 24.3 Å². The van der Waals surface area contributed by atoms with E-state index in [4.69, 9.17) is 21.1 Å². The topological polar surface area (TPSA) is 94.6 Å². The van der Waals surface area contributed by atoms with E-state index < -0.39 is 21.5 Å². The molecule has 0 bridgehead atoms. The van der Waals surface area contributed by atoms with E-state index in [0.29, 0.717) is 48.3 Å². The Bertz CT molecular complexity index is 1290. The molecule has 7 nitrogen and oxygen atoms in total. The molecule has 1 unspecified atom stereocenters. The third-order valence-corrected chi connectivity index (χ3v) is 7.03. The van der Waals surface area contributed by atoms with Gasteiger partial charge in [-0.15, -0.1) is 0 Å². The lowest BCUT2D eigenvalue weighted by Gasteiger charge is -2.29. The molecular formula is C23H23ClN2O5S. The zero-order valence-electron chi connectivity index (χ0n) is 17.7. The Morgan fingerprint density at radius 1 is 1.25 bits per heavy atom. The number of aromatic nitrogens is 1. The maximum absolute atomic E-state index is 13.5. The van der Waals surface area contributed by atoms with Gasteiger partial charge in [0.2, 0.25) is 0 Å². The molecule has 2 aromatic carbocycles. The molecule has 9 heteroatoms. The number of hydrogen-bond acceptors (Lipinski definition) is 6. The zero-order chi connectivity index (χ0) is 22.9. The van der Waals surface area contributed by atoms with E-state index >= 15 is 0 Å². The minimum Gasteiger partial charge on any atom is -0.493 e. The standard InChI is InChI=1S/C23H23ClN2O5S/c1-3-30-19-10-8-15(2)14-17(19)23(12-5-13-31-23)22(27)26-32(28,29)20-7-4-6-18-16(20)9-11-21(24)25-18/h4,6-11,14H,3,5,12-13H2,1-2H3,(H,26,27). The van der Waals surface area contributed by atoms with Crippen molar-refractivity contribution in [2.75, 3.05) is 13.2 Å². The van der Waals surface area contributed by atoms with Crippen LogP contribution in [0.1, 0.15) is 30.9 Å². The number of benzene rings is 2. The molecule has 1 aromatic heterocycles. The number of nitrogens with zero attached hydrogens (tertiary/aromatic N) is 1. The predicted molar refractivity (Wildman–Crippen MR) is 121 cm³/mol. The van der Waals surface area contributed by atoms with Gasteiger partial charge in [-0.05, 0) is 63.1 Å². The summed E-state index contributed by atoms with van der Waals surface area (Å²) < 4.78 is 40.4. The average Bonchev–Trinajstić information content (AvgIpc) is 3.25. The Morgan fingerprint density at radius 3 is 2.78 bits per heavy atom. The van der Waals surface area contributed by atoms with E-state index in [-0.39, 0.29) is 10.0 Å². The molecule has 168 valence electrons. The number of carbonyl (C=O) groups excluding carboxylic acids is 1. The molecule has 1 N–H and O–H groups in total. The van der Waals surface area contributed by atoms with Crippen LogP contribution in [0.15, 0.2) is 53.4 Å². The van der Waals surface area contributed by atoms with Gasteiger partial charge >= 0.3 is 0 Å².